The van der Waals surface area contributed by atoms with Gasteiger partial charge in [-0.15, -0.1) is 0 Å². The van der Waals surface area contributed by atoms with Crippen LogP contribution in [-0.4, -0.2) is 37.8 Å². The van der Waals surface area contributed by atoms with Gasteiger partial charge < -0.3 is 10.6 Å². The number of hydroxylamine groups is 2. The minimum atomic E-state index is 0.363. The van der Waals surface area contributed by atoms with E-state index < -0.39 is 0 Å². The average Bonchev–Trinajstić information content (AvgIpc) is 2.75. The van der Waals surface area contributed by atoms with Crippen LogP contribution < -0.4 is 10.6 Å². The van der Waals surface area contributed by atoms with Gasteiger partial charge in [0.1, 0.15) is 6.10 Å². The number of nitrogens with zero attached hydrogens (tertiary/aromatic N) is 2. The third kappa shape index (κ3) is 1.64. The summed E-state index contributed by atoms with van der Waals surface area (Å²) in [5.41, 5.74) is 7.75. The topological polar surface area (TPSA) is 41.7 Å². The highest BCUT2D eigenvalue weighted by molar-refractivity contribution is 5.54. The molecule has 2 heterocycles. The average molecular weight is 219 g/mol. The molecule has 0 bridgehead atoms. The Kier molecular flexibility index (Phi) is 2.26. The Morgan fingerprint density at radius 3 is 2.62 bits per heavy atom. The number of hydrogen-bond acceptors (Lipinski definition) is 4. The van der Waals surface area contributed by atoms with E-state index in [0.29, 0.717) is 12.0 Å². The summed E-state index contributed by atoms with van der Waals surface area (Å²) in [6.45, 7) is 3.11. The number of nitrogens with two attached hydrogens (primary N) is 1. The van der Waals surface area contributed by atoms with Crippen LogP contribution in [-0.2, 0) is 4.84 Å². The van der Waals surface area contributed by atoms with Gasteiger partial charge in [-0.2, -0.15) is 5.06 Å². The lowest BCUT2D eigenvalue weighted by Gasteiger charge is -2.21. The Bertz CT molecular complexity index is 364. The highest BCUT2D eigenvalue weighted by Gasteiger charge is 2.40. The highest BCUT2D eigenvalue weighted by Crippen LogP contribution is 2.30. The summed E-state index contributed by atoms with van der Waals surface area (Å²) in [5, 5.41) is 1.95. The molecule has 0 saturated carbocycles. The zero-order valence-corrected chi connectivity index (χ0v) is 9.47. The number of anilines is 2. The largest absolute Gasteiger partial charge is 0.399 e. The first-order valence-electron chi connectivity index (χ1n) is 5.71. The van der Waals surface area contributed by atoms with E-state index in [1.807, 2.05) is 24.2 Å². The smallest absolute Gasteiger partial charge is 0.102 e. The van der Waals surface area contributed by atoms with E-state index in [-0.39, 0.29) is 0 Å². The van der Waals surface area contributed by atoms with Crippen molar-refractivity contribution in [2.75, 3.05) is 37.3 Å². The summed E-state index contributed by atoms with van der Waals surface area (Å²) in [7, 11) is 2.01. The zero-order valence-electron chi connectivity index (χ0n) is 9.47. The van der Waals surface area contributed by atoms with Gasteiger partial charge in [0.2, 0.25) is 0 Å². The molecular weight excluding hydrogens is 202 g/mol. The Balaban J connectivity index is 1.73. The lowest BCUT2D eigenvalue weighted by molar-refractivity contribution is -0.122. The highest BCUT2D eigenvalue weighted by atomic mass is 16.7. The fourth-order valence-corrected chi connectivity index (χ4v) is 2.64. The summed E-state index contributed by atoms with van der Waals surface area (Å²) in [6, 6.07) is 8.08. The van der Waals surface area contributed by atoms with Crippen molar-refractivity contribution in [3.05, 3.63) is 24.3 Å². The molecule has 0 amide bonds. The van der Waals surface area contributed by atoms with Crippen molar-refractivity contribution >= 4 is 11.4 Å². The van der Waals surface area contributed by atoms with Crippen molar-refractivity contribution < 1.29 is 4.84 Å². The van der Waals surface area contributed by atoms with Crippen LogP contribution in [0.5, 0.6) is 0 Å². The van der Waals surface area contributed by atoms with Gasteiger partial charge in [-0.25, -0.2) is 0 Å². The third-order valence-corrected chi connectivity index (χ3v) is 3.45. The van der Waals surface area contributed by atoms with Crippen molar-refractivity contribution in [3.8, 4) is 0 Å². The molecular formula is C12H17N3O. The van der Waals surface area contributed by atoms with Gasteiger partial charge in [0.15, 0.2) is 0 Å². The van der Waals surface area contributed by atoms with Crippen LogP contribution in [0.15, 0.2) is 24.3 Å². The maximum atomic E-state index is 5.73. The fraction of sp³-hybridized carbons (Fsp3) is 0.500. The minimum absolute atomic E-state index is 0.363. The Hall–Kier alpha value is -1.26. The molecule has 3 rings (SSSR count). The van der Waals surface area contributed by atoms with Crippen LogP contribution in [0, 0.1) is 5.92 Å². The van der Waals surface area contributed by atoms with Gasteiger partial charge in [-0.1, -0.05) is 0 Å². The number of nitrogen functional groups attached to an aromatic ring is 1. The Morgan fingerprint density at radius 1 is 1.19 bits per heavy atom. The molecule has 86 valence electrons. The predicted octanol–water partition coefficient (Wildman–Crippen LogP) is 0.951. The molecule has 4 nitrogen and oxygen atoms in total. The Morgan fingerprint density at radius 2 is 1.94 bits per heavy atom. The maximum absolute atomic E-state index is 5.73. The number of fused-ring (bicyclic) bond motifs is 1. The second-order valence-corrected chi connectivity index (χ2v) is 4.71. The van der Waals surface area contributed by atoms with Gasteiger partial charge in [-0.05, 0) is 24.3 Å². The van der Waals surface area contributed by atoms with Crippen LogP contribution in [0.2, 0.25) is 0 Å². The molecule has 2 aliphatic rings. The van der Waals surface area contributed by atoms with Crippen molar-refractivity contribution in [1.82, 2.24) is 5.06 Å². The second-order valence-electron chi connectivity index (χ2n) is 4.71. The Labute approximate surface area is 95.5 Å². The van der Waals surface area contributed by atoms with Crippen LogP contribution >= 0.6 is 0 Å². The maximum Gasteiger partial charge on any atom is 0.102 e. The molecule has 0 spiro atoms. The van der Waals surface area contributed by atoms with Crippen molar-refractivity contribution in [2.45, 2.75) is 6.10 Å². The molecule has 1 aromatic carbocycles. The fourth-order valence-electron chi connectivity index (χ4n) is 2.64. The normalized spacial score (nSPS) is 29.7. The summed E-state index contributed by atoms with van der Waals surface area (Å²) in [5.74, 6) is 0.641. The molecule has 2 fully saturated rings. The second kappa shape index (κ2) is 3.64. The number of hydrogen-bond donors (Lipinski definition) is 1. The molecule has 0 aliphatic carbocycles. The molecule has 4 heteroatoms. The molecule has 2 unspecified atom stereocenters. The first-order valence-corrected chi connectivity index (χ1v) is 5.71. The molecule has 2 aliphatic heterocycles. The van der Waals surface area contributed by atoms with E-state index in [1.54, 1.807) is 0 Å². The molecule has 0 radical (unpaired) electrons. The monoisotopic (exact) mass is 219 g/mol. The van der Waals surface area contributed by atoms with E-state index >= 15 is 0 Å². The lowest BCUT2D eigenvalue weighted by Crippen LogP contribution is -2.26. The quantitative estimate of drug-likeness (QED) is 0.714. The summed E-state index contributed by atoms with van der Waals surface area (Å²) in [6.07, 6.45) is 0.363. The van der Waals surface area contributed by atoms with Crippen LogP contribution in [0.4, 0.5) is 11.4 Å². The standard InChI is InChI=1S/C12H17N3O/c1-14-6-9-7-15(8-12(9)16-14)11-4-2-10(13)3-5-11/h2-5,9,12H,6-8,13H2,1H3. The number of benzene rings is 1. The van der Waals surface area contributed by atoms with Crippen molar-refractivity contribution in [2.24, 2.45) is 5.92 Å². The van der Waals surface area contributed by atoms with Crippen LogP contribution in [0.3, 0.4) is 0 Å². The van der Waals surface area contributed by atoms with E-state index in [9.17, 15) is 0 Å². The van der Waals surface area contributed by atoms with Gasteiger partial charge in [-0.3, -0.25) is 4.84 Å². The van der Waals surface area contributed by atoms with E-state index in [1.165, 1.54) is 5.69 Å². The van der Waals surface area contributed by atoms with Gasteiger partial charge in [0.25, 0.3) is 0 Å². The van der Waals surface area contributed by atoms with Gasteiger partial charge in [0, 0.05) is 44.0 Å². The van der Waals surface area contributed by atoms with E-state index in [0.717, 1.165) is 25.3 Å². The van der Waals surface area contributed by atoms with Crippen molar-refractivity contribution in [3.63, 3.8) is 0 Å². The van der Waals surface area contributed by atoms with E-state index in [2.05, 4.69) is 17.0 Å². The third-order valence-electron chi connectivity index (χ3n) is 3.45. The summed E-state index contributed by atoms with van der Waals surface area (Å²) in [4.78, 5) is 8.10. The lowest BCUT2D eigenvalue weighted by atomic mass is 10.1. The van der Waals surface area contributed by atoms with E-state index in [4.69, 9.17) is 10.6 Å². The van der Waals surface area contributed by atoms with Crippen LogP contribution in [0.25, 0.3) is 0 Å². The minimum Gasteiger partial charge on any atom is -0.399 e. The molecule has 2 atom stereocenters. The van der Waals surface area contributed by atoms with Gasteiger partial charge >= 0.3 is 0 Å². The van der Waals surface area contributed by atoms with Gasteiger partial charge in [0.05, 0.1) is 0 Å². The first kappa shape index (κ1) is 9.93. The SMILES string of the molecule is CN1CC2CN(c3ccc(N)cc3)CC2O1. The van der Waals surface area contributed by atoms with Crippen LogP contribution in [0.1, 0.15) is 0 Å². The molecule has 0 aromatic heterocycles. The molecule has 2 N–H and O–H groups in total. The summed E-state index contributed by atoms with van der Waals surface area (Å²) >= 11 is 0. The molecule has 16 heavy (non-hydrogen) atoms. The zero-order chi connectivity index (χ0) is 11.1. The van der Waals surface area contributed by atoms with Crippen molar-refractivity contribution in [1.29, 1.82) is 0 Å². The summed E-state index contributed by atoms with van der Waals surface area (Å²) < 4.78 is 0. The molecule has 2 saturated heterocycles. The first-order chi connectivity index (χ1) is 7.72. The molecule has 1 aromatic rings. The number of rotatable bonds is 1. The predicted molar refractivity (Wildman–Crippen MR) is 64.1 cm³/mol.